The Hall–Kier alpha value is -1.09. The smallest absolute Gasteiger partial charge is 0.130 e. The van der Waals surface area contributed by atoms with Crippen LogP contribution in [0.2, 0.25) is 0 Å². The van der Waals surface area contributed by atoms with Gasteiger partial charge in [-0.25, -0.2) is 4.39 Å². The number of halogens is 1. The molecular weight excluding hydrogens is 217 g/mol. The molecule has 0 aliphatic heterocycles. The van der Waals surface area contributed by atoms with Gasteiger partial charge in [-0.05, 0) is 44.4 Å². The summed E-state index contributed by atoms with van der Waals surface area (Å²) in [6, 6.07) is 5.49. The number of rotatable bonds is 7. The van der Waals surface area contributed by atoms with E-state index in [1.807, 2.05) is 6.07 Å². The Kier molecular flexibility index (Phi) is 5.98. The van der Waals surface area contributed by atoms with Crippen molar-refractivity contribution in [3.8, 4) is 5.75 Å². The fraction of sp³-hybridized carbons (Fsp3) is 0.571. The molecule has 0 bridgehead atoms. The second-order valence-electron chi connectivity index (χ2n) is 4.35. The highest BCUT2D eigenvalue weighted by Crippen LogP contribution is 2.17. The molecule has 0 radical (unpaired) electrons. The lowest BCUT2D eigenvalue weighted by Crippen LogP contribution is -2.27. The maximum atomic E-state index is 13.6. The average molecular weight is 239 g/mol. The summed E-state index contributed by atoms with van der Waals surface area (Å²) in [5, 5.41) is 3.40. The second-order valence-corrected chi connectivity index (χ2v) is 4.35. The first-order chi connectivity index (χ1) is 8.17. The van der Waals surface area contributed by atoms with Crippen LogP contribution in [0, 0.1) is 5.82 Å². The van der Waals surface area contributed by atoms with E-state index in [0.29, 0.717) is 11.8 Å². The maximum absolute atomic E-state index is 13.6. The monoisotopic (exact) mass is 239 g/mol. The topological polar surface area (TPSA) is 21.3 Å². The lowest BCUT2D eigenvalue weighted by atomic mass is 10.1. The van der Waals surface area contributed by atoms with E-state index < -0.39 is 0 Å². The SMILES string of the molecule is CCCNC(C)CCc1ccc(OC)cc1F. The van der Waals surface area contributed by atoms with Crippen LogP contribution in [0.5, 0.6) is 5.75 Å². The first kappa shape index (κ1) is 14.0. The van der Waals surface area contributed by atoms with Crippen LogP contribution in [-0.2, 0) is 6.42 Å². The Morgan fingerprint density at radius 3 is 2.76 bits per heavy atom. The molecule has 0 amide bonds. The van der Waals surface area contributed by atoms with Crippen molar-refractivity contribution < 1.29 is 9.13 Å². The molecule has 0 aliphatic carbocycles. The molecule has 0 spiro atoms. The molecule has 1 rings (SSSR count). The molecule has 0 fully saturated rings. The molecule has 0 heterocycles. The van der Waals surface area contributed by atoms with Crippen molar-refractivity contribution in [1.82, 2.24) is 5.32 Å². The minimum Gasteiger partial charge on any atom is -0.497 e. The van der Waals surface area contributed by atoms with E-state index in [0.717, 1.165) is 31.4 Å². The fourth-order valence-electron chi connectivity index (χ4n) is 1.72. The van der Waals surface area contributed by atoms with Gasteiger partial charge >= 0.3 is 0 Å². The van der Waals surface area contributed by atoms with E-state index in [9.17, 15) is 4.39 Å². The van der Waals surface area contributed by atoms with Crippen LogP contribution in [0.25, 0.3) is 0 Å². The predicted molar refractivity (Wildman–Crippen MR) is 69.0 cm³/mol. The largest absolute Gasteiger partial charge is 0.497 e. The Morgan fingerprint density at radius 2 is 2.18 bits per heavy atom. The van der Waals surface area contributed by atoms with Crippen molar-refractivity contribution in [2.24, 2.45) is 0 Å². The Bertz CT molecular complexity index is 341. The van der Waals surface area contributed by atoms with Gasteiger partial charge in [-0.3, -0.25) is 0 Å². The number of hydrogen-bond acceptors (Lipinski definition) is 2. The predicted octanol–water partition coefficient (Wildman–Crippen LogP) is 3.16. The quantitative estimate of drug-likeness (QED) is 0.789. The van der Waals surface area contributed by atoms with Gasteiger partial charge < -0.3 is 10.1 Å². The number of methoxy groups -OCH3 is 1. The summed E-state index contributed by atoms with van der Waals surface area (Å²) in [5.41, 5.74) is 0.760. The first-order valence-corrected chi connectivity index (χ1v) is 6.23. The van der Waals surface area contributed by atoms with Crippen LogP contribution in [0.3, 0.4) is 0 Å². The molecule has 0 saturated heterocycles. The molecule has 3 heteroatoms. The van der Waals surface area contributed by atoms with Crippen LogP contribution in [0.15, 0.2) is 18.2 Å². The van der Waals surface area contributed by atoms with E-state index >= 15 is 0 Å². The van der Waals surface area contributed by atoms with E-state index in [1.54, 1.807) is 13.2 Å². The Labute approximate surface area is 103 Å². The zero-order valence-electron chi connectivity index (χ0n) is 10.9. The molecule has 0 saturated carbocycles. The highest BCUT2D eigenvalue weighted by atomic mass is 19.1. The van der Waals surface area contributed by atoms with Gasteiger partial charge in [0.15, 0.2) is 0 Å². The highest BCUT2D eigenvalue weighted by Gasteiger charge is 2.06. The van der Waals surface area contributed by atoms with E-state index in [4.69, 9.17) is 4.74 Å². The zero-order valence-corrected chi connectivity index (χ0v) is 10.9. The second kappa shape index (κ2) is 7.28. The summed E-state index contributed by atoms with van der Waals surface area (Å²) in [7, 11) is 1.55. The van der Waals surface area contributed by atoms with Gasteiger partial charge in [0.25, 0.3) is 0 Å². The number of nitrogens with one attached hydrogen (secondary N) is 1. The van der Waals surface area contributed by atoms with Gasteiger partial charge in [0.1, 0.15) is 11.6 Å². The average Bonchev–Trinajstić information content (AvgIpc) is 2.34. The number of hydrogen-bond donors (Lipinski definition) is 1. The number of aryl methyl sites for hydroxylation is 1. The van der Waals surface area contributed by atoms with E-state index in [-0.39, 0.29) is 5.82 Å². The Morgan fingerprint density at radius 1 is 1.41 bits per heavy atom. The molecule has 1 N–H and O–H groups in total. The van der Waals surface area contributed by atoms with Gasteiger partial charge in [0.2, 0.25) is 0 Å². The third-order valence-electron chi connectivity index (χ3n) is 2.85. The van der Waals surface area contributed by atoms with Crippen molar-refractivity contribution in [3.05, 3.63) is 29.6 Å². The van der Waals surface area contributed by atoms with Crippen LogP contribution >= 0.6 is 0 Å². The van der Waals surface area contributed by atoms with Gasteiger partial charge in [0, 0.05) is 12.1 Å². The van der Waals surface area contributed by atoms with Crippen molar-refractivity contribution in [3.63, 3.8) is 0 Å². The number of ether oxygens (including phenoxy) is 1. The van der Waals surface area contributed by atoms with Crippen LogP contribution in [-0.4, -0.2) is 19.7 Å². The first-order valence-electron chi connectivity index (χ1n) is 6.23. The molecule has 1 atom stereocenters. The molecule has 2 nitrogen and oxygen atoms in total. The highest BCUT2D eigenvalue weighted by molar-refractivity contribution is 5.28. The molecule has 0 aromatic heterocycles. The molecule has 17 heavy (non-hydrogen) atoms. The molecular formula is C14H22FNO. The fourth-order valence-corrected chi connectivity index (χ4v) is 1.72. The molecule has 1 unspecified atom stereocenters. The molecule has 1 aromatic rings. The Balaban J connectivity index is 2.46. The molecule has 1 aromatic carbocycles. The zero-order chi connectivity index (χ0) is 12.7. The van der Waals surface area contributed by atoms with Crippen LogP contribution in [0.4, 0.5) is 4.39 Å². The van der Waals surface area contributed by atoms with Gasteiger partial charge in [-0.2, -0.15) is 0 Å². The van der Waals surface area contributed by atoms with Gasteiger partial charge in [-0.1, -0.05) is 13.0 Å². The van der Waals surface area contributed by atoms with Crippen LogP contribution in [0.1, 0.15) is 32.3 Å². The summed E-state index contributed by atoms with van der Waals surface area (Å²) in [5.74, 6) is 0.399. The summed E-state index contributed by atoms with van der Waals surface area (Å²) < 4.78 is 18.6. The lowest BCUT2D eigenvalue weighted by Gasteiger charge is -2.13. The van der Waals surface area contributed by atoms with Crippen LogP contribution < -0.4 is 10.1 Å². The number of benzene rings is 1. The summed E-state index contributed by atoms with van der Waals surface area (Å²) >= 11 is 0. The van der Waals surface area contributed by atoms with Crippen molar-refractivity contribution in [1.29, 1.82) is 0 Å². The molecule has 0 aliphatic rings. The van der Waals surface area contributed by atoms with Crippen molar-refractivity contribution in [2.45, 2.75) is 39.2 Å². The summed E-state index contributed by atoms with van der Waals surface area (Å²) in [6.45, 7) is 5.30. The van der Waals surface area contributed by atoms with E-state index in [1.165, 1.54) is 6.07 Å². The lowest BCUT2D eigenvalue weighted by molar-refractivity contribution is 0.410. The minimum absolute atomic E-state index is 0.174. The standard InChI is InChI=1S/C14H22FNO/c1-4-9-16-11(2)5-6-12-7-8-13(17-3)10-14(12)15/h7-8,10-11,16H,4-6,9H2,1-3H3. The third-order valence-corrected chi connectivity index (χ3v) is 2.85. The van der Waals surface area contributed by atoms with Crippen molar-refractivity contribution >= 4 is 0 Å². The minimum atomic E-state index is -0.174. The van der Waals surface area contributed by atoms with Gasteiger partial charge in [-0.15, -0.1) is 0 Å². The summed E-state index contributed by atoms with van der Waals surface area (Å²) in [6.07, 6.45) is 2.83. The summed E-state index contributed by atoms with van der Waals surface area (Å²) in [4.78, 5) is 0. The normalized spacial score (nSPS) is 12.5. The third kappa shape index (κ3) is 4.73. The van der Waals surface area contributed by atoms with E-state index in [2.05, 4.69) is 19.2 Å². The molecule has 96 valence electrons. The van der Waals surface area contributed by atoms with Gasteiger partial charge in [0.05, 0.1) is 7.11 Å². The maximum Gasteiger partial charge on any atom is 0.130 e. The van der Waals surface area contributed by atoms with Crippen molar-refractivity contribution in [2.75, 3.05) is 13.7 Å².